The first-order chi connectivity index (χ1) is 17.6. The molecule has 0 unspecified atom stereocenters. The van der Waals surface area contributed by atoms with E-state index < -0.39 is 29.3 Å². The van der Waals surface area contributed by atoms with E-state index in [1.807, 2.05) is 65.0 Å². The number of hydrogen-bond acceptors (Lipinski definition) is 8. The van der Waals surface area contributed by atoms with Crippen molar-refractivity contribution in [3.63, 3.8) is 0 Å². The summed E-state index contributed by atoms with van der Waals surface area (Å²) in [6.45, 7) is 9.55. The average Bonchev–Trinajstić information content (AvgIpc) is 3.30. The Bertz CT molecular complexity index is 996. The van der Waals surface area contributed by atoms with Gasteiger partial charge in [-0.15, -0.1) is 10.2 Å². The Balaban J connectivity index is 2.22. The van der Waals surface area contributed by atoms with Crippen molar-refractivity contribution in [2.24, 2.45) is 11.3 Å². The van der Waals surface area contributed by atoms with Gasteiger partial charge in [-0.05, 0) is 42.4 Å². The van der Waals surface area contributed by atoms with Crippen LogP contribution in [0.15, 0.2) is 34.7 Å². The maximum absolute atomic E-state index is 13.7. The molecular weight excluding hydrogens is 510 g/mol. The molecule has 2 aromatic rings. The molecule has 0 aliphatic heterocycles. The topological polar surface area (TPSA) is 125 Å². The van der Waals surface area contributed by atoms with Crippen molar-refractivity contribution in [1.82, 2.24) is 20.6 Å². The molecule has 204 valence electrons. The van der Waals surface area contributed by atoms with Gasteiger partial charge in [0.05, 0.1) is 12.0 Å². The van der Waals surface area contributed by atoms with Gasteiger partial charge in [-0.1, -0.05) is 94.5 Å². The summed E-state index contributed by atoms with van der Waals surface area (Å²) < 4.78 is 0.756. The Labute approximate surface area is 227 Å². The van der Waals surface area contributed by atoms with Crippen LogP contribution in [-0.2, 0) is 20.8 Å². The lowest BCUT2D eigenvalue weighted by Crippen LogP contribution is -2.55. The van der Waals surface area contributed by atoms with E-state index in [4.69, 9.17) is 0 Å². The first-order valence-corrected chi connectivity index (χ1v) is 14.4. The Morgan fingerprint density at radius 1 is 1.14 bits per heavy atom. The Morgan fingerprint density at radius 3 is 2.43 bits per heavy atom. The minimum atomic E-state index is -0.867. The van der Waals surface area contributed by atoms with Gasteiger partial charge < -0.3 is 5.32 Å². The lowest BCUT2D eigenvalue weighted by molar-refractivity contribution is -0.169. The summed E-state index contributed by atoms with van der Waals surface area (Å²) in [4.78, 5) is 38.4. The molecule has 0 radical (unpaired) electrons. The van der Waals surface area contributed by atoms with Gasteiger partial charge in [0.2, 0.25) is 23.4 Å². The van der Waals surface area contributed by atoms with E-state index in [1.54, 1.807) is 0 Å². The van der Waals surface area contributed by atoms with Crippen LogP contribution in [0.1, 0.15) is 65.9 Å². The van der Waals surface area contributed by atoms with Crippen molar-refractivity contribution >= 4 is 46.5 Å². The third-order valence-corrected chi connectivity index (χ3v) is 7.83. The number of carbonyl (C=O) groups is 3. The van der Waals surface area contributed by atoms with Crippen LogP contribution in [0.2, 0.25) is 0 Å². The van der Waals surface area contributed by atoms with E-state index in [0.29, 0.717) is 42.3 Å². The first-order valence-electron chi connectivity index (χ1n) is 12.6. The minimum absolute atomic E-state index is 0.340. The highest BCUT2D eigenvalue weighted by Crippen LogP contribution is 2.28. The van der Waals surface area contributed by atoms with Crippen molar-refractivity contribution < 1.29 is 19.6 Å². The van der Waals surface area contributed by atoms with Crippen LogP contribution in [-0.4, -0.2) is 56.5 Å². The highest BCUT2D eigenvalue weighted by molar-refractivity contribution is 8.01. The summed E-state index contributed by atoms with van der Waals surface area (Å²) in [5.74, 6) is -0.611. The first kappa shape index (κ1) is 30.7. The molecule has 0 aliphatic carbocycles. The Hall–Kier alpha value is -2.50. The van der Waals surface area contributed by atoms with Crippen molar-refractivity contribution in [2.45, 2.75) is 83.1 Å². The van der Waals surface area contributed by atoms with E-state index in [1.165, 1.54) is 23.1 Å². The lowest BCUT2D eigenvalue weighted by Gasteiger charge is -2.34. The summed E-state index contributed by atoms with van der Waals surface area (Å²) in [5.41, 5.74) is 0.540. The molecule has 1 heterocycles. The van der Waals surface area contributed by atoms with Gasteiger partial charge in [0.15, 0.2) is 4.34 Å². The van der Waals surface area contributed by atoms with Crippen molar-refractivity contribution in [3.05, 3.63) is 35.9 Å². The van der Waals surface area contributed by atoms with Crippen LogP contribution in [0.25, 0.3) is 0 Å². The molecule has 11 heteroatoms. The summed E-state index contributed by atoms with van der Waals surface area (Å²) in [7, 11) is 0. The van der Waals surface area contributed by atoms with Gasteiger partial charge in [0, 0.05) is 0 Å². The predicted octanol–water partition coefficient (Wildman–Crippen LogP) is 4.77. The molecule has 0 saturated carbocycles. The predicted molar refractivity (Wildman–Crippen MR) is 148 cm³/mol. The van der Waals surface area contributed by atoms with Gasteiger partial charge in [-0.3, -0.25) is 24.9 Å². The fourth-order valence-electron chi connectivity index (χ4n) is 4.11. The molecule has 1 aromatic heterocycles. The fraction of sp³-hybridized carbons (Fsp3) is 0.577. The smallest absolute Gasteiger partial charge is 0.249 e. The lowest BCUT2D eigenvalue weighted by atomic mass is 9.84. The van der Waals surface area contributed by atoms with Gasteiger partial charge >= 0.3 is 0 Å². The molecule has 3 amide bonds. The number of carbonyl (C=O) groups excluding carboxylic acids is 3. The monoisotopic (exact) mass is 549 g/mol. The van der Waals surface area contributed by atoms with Crippen LogP contribution < -0.4 is 10.6 Å². The summed E-state index contributed by atoms with van der Waals surface area (Å²) in [6.07, 6.45) is 3.36. The van der Waals surface area contributed by atoms with Crippen LogP contribution >= 0.6 is 23.1 Å². The zero-order chi connectivity index (χ0) is 27.4. The fourth-order valence-corrected chi connectivity index (χ4v) is 5.76. The maximum Gasteiger partial charge on any atom is 0.249 e. The number of hydroxylamine groups is 2. The van der Waals surface area contributed by atoms with Crippen molar-refractivity contribution in [2.75, 3.05) is 11.1 Å². The molecule has 37 heavy (non-hydrogen) atoms. The highest BCUT2D eigenvalue weighted by Gasteiger charge is 2.38. The van der Waals surface area contributed by atoms with Crippen LogP contribution in [0.4, 0.5) is 5.13 Å². The molecule has 1 aromatic carbocycles. The SMILES string of the molecule is CCC[C@@H]([C@@H](CCCc1ccccc1)C(=O)N[C@H](C(=O)Nc1nnc(SCC)s1)C(C)(C)C)N(O)C=O. The number of aromatic nitrogens is 2. The molecule has 0 bridgehead atoms. The molecule has 2 rings (SSSR count). The van der Waals surface area contributed by atoms with Crippen LogP contribution in [0.5, 0.6) is 0 Å². The second-order valence-electron chi connectivity index (χ2n) is 9.93. The molecule has 0 aliphatic rings. The number of rotatable bonds is 15. The molecule has 0 saturated heterocycles. The van der Waals surface area contributed by atoms with E-state index in [9.17, 15) is 19.6 Å². The molecule has 9 nitrogen and oxygen atoms in total. The normalized spacial score (nSPS) is 13.9. The summed E-state index contributed by atoms with van der Waals surface area (Å²) in [6, 6.07) is 8.38. The molecule has 0 spiro atoms. The molecule has 3 N–H and O–H groups in total. The van der Waals surface area contributed by atoms with Crippen LogP contribution in [0, 0.1) is 11.3 Å². The van der Waals surface area contributed by atoms with Crippen LogP contribution in [0.3, 0.4) is 0 Å². The van der Waals surface area contributed by atoms with Gasteiger partial charge in [0.1, 0.15) is 6.04 Å². The number of nitrogens with one attached hydrogen (secondary N) is 2. The number of nitrogens with zero attached hydrogens (tertiary/aromatic N) is 3. The van der Waals surface area contributed by atoms with Gasteiger partial charge in [-0.2, -0.15) is 0 Å². The van der Waals surface area contributed by atoms with Gasteiger partial charge in [-0.25, -0.2) is 5.06 Å². The highest BCUT2D eigenvalue weighted by atomic mass is 32.2. The van der Waals surface area contributed by atoms with E-state index in [2.05, 4.69) is 20.8 Å². The van der Waals surface area contributed by atoms with Gasteiger partial charge in [0.25, 0.3) is 0 Å². The number of benzene rings is 1. The number of amides is 3. The molecule has 3 atom stereocenters. The Kier molecular flexibility index (Phi) is 12.5. The number of aryl methyl sites for hydroxylation is 1. The third-order valence-electron chi connectivity index (χ3n) is 5.98. The zero-order valence-electron chi connectivity index (χ0n) is 22.3. The maximum atomic E-state index is 13.7. The minimum Gasteiger partial charge on any atom is -0.343 e. The third kappa shape index (κ3) is 9.71. The van der Waals surface area contributed by atoms with Crippen molar-refractivity contribution in [3.8, 4) is 0 Å². The number of thioether (sulfide) groups is 1. The van der Waals surface area contributed by atoms with Crippen molar-refractivity contribution in [1.29, 1.82) is 0 Å². The van der Waals surface area contributed by atoms with E-state index >= 15 is 0 Å². The second kappa shape index (κ2) is 15.0. The second-order valence-corrected chi connectivity index (χ2v) is 12.4. The number of hydrogen-bond donors (Lipinski definition) is 3. The van der Waals surface area contributed by atoms with E-state index in [-0.39, 0.29) is 5.91 Å². The average molecular weight is 550 g/mol. The summed E-state index contributed by atoms with van der Waals surface area (Å²) in [5, 5.41) is 25.1. The summed E-state index contributed by atoms with van der Waals surface area (Å²) >= 11 is 2.82. The quantitative estimate of drug-likeness (QED) is 0.0960. The van der Waals surface area contributed by atoms with E-state index in [0.717, 1.165) is 22.1 Å². The zero-order valence-corrected chi connectivity index (χ0v) is 23.9. The number of anilines is 1. The standard InChI is InChI=1S/C26H39N5O4S2/c1-6-12-20(31(35)17-32)19(16-11-15-18-13-9-8-10-14-18)22(33)27-21(26(3,4)5)23(34)28-24-29-30-25(37-24)36-7-2/h8-10,13-14,17,19-21,35H,6-7,11-12,15-16H2,1-5H3,(H,27,33)(H,28,29,34)/t19-,20+,21-/m1/s1. The Morgan fingerprint density at radius 2 is 1.84 bits per heavy atom. The molecule has 0 fully saturated rings. The largest absolute Gasteiger partial charge is 0.343 e. The molecular formula is C26H39N5O4S2.